The van der Waals surface area contributed by atoms with Gasteiger partial charge in [0.25, 0.3) is 0 Å². The van der Waals surface area contributed by atoms with Crippen LogP contribution in [0, 0.1) is 5.82 Å². The number of hydrogen-bond donors (Lipinski definition) is 1. The van der Waals surface area contributed by atoms with Gasteiger partial charge in [-0.05, 0) is 44.0 Å². The fraction of sp³-hybridized carbons (Fsp3) is 0.524. The lowest BCUT2D eigenvalue weighted by Crippen LogP contribution is -2.36. The molecule has 2 aliphatic heterocycles. The zero-order chi connectivity index (χ0) is 22.4. The van der Waals surface area contributed by atoms with Gasteiger partial charge < -0.3 is 14.7 Å². The molecule has 2 amide bonds. The highest BCUT2D eigenvalue weighted by Gasteiger charge is 2.34. The van der Waals surface area contributed by atoms with Crippen LogP contribution in [-0.4, -0.2) is 79.0 Å². The molecule has 0 radical (unpaired) electrons. The van der Waals surface area contributed by atoms with E-state index in [4.69, 9.17) is 9.84 Å². The number of anilines is 1. The van der Waals surface area contributed by atoms with Crippen LogP contribution in [0.1, 0.15) is 25.8 Å². The second-order valence-corrected chi connectivity index (χ2v) is 7.31. The molecule has 0 bridgehead atoms. The van der Waals surface area contributed by atoms with Gasteiger partial charge in [-0.2, -0.15) is 5.11 Å². The van der Waals surface area contributed by atoms with E-state index in [1.807, 2.05) is 13.8 Å². The number of hydrogen-bond acceptors (Lipinski definition) is 6. The first-order valence-electron chi connectivity index (χ1n) is 10.4. The Balaban J connectivity index is 1.67. The Morgan fingerprint density at radius 2 is 2.19 bits per heavy atom. The van der Waals surface area contributed by atoms with E-state index in [9.17, 15) is 14.0 Å². The fourth-order valence-electron chi connectivity index (χ4n) is 3.62. The Bertz CT molecular complexity index is 875. The molecule has 1 saturated heterocycles. The lowest BCUT2D eigenvalue weighted by molar-refractivity contribution is -0.133. The lowest BCUT2D eigenvalue weighted by atomic mass is 9.98. The van der Waals surface area contributed by atoms with Crippen LogP contribution in [0.4, 0.5) is 14.9 Å². The number of amides is 2. The molecular weight excluding hydrogens is 405 g/mol. The molecular formula is C21H28FN5O4. The van der Waals surface area contributed by atoms with Gasteiger partial charge in [-0.15, -0.1) is 0 Å². The molecule has 9 nitrogen and oxygen atoms in total. The van der Waals surface area contributed by atoms with Crippen LogP contribution >= 0.6 is 0 Å². The second kappa shape index (κ2) is 10.3. The molecule has 1 aromatic carbocycles. The number of halogens is 1. The van der Waals surface area contributed by atoms with Gasteiger partial charge in [0, 0.05) is 25.2 Å². The Morgan fingerprint density at radius 1 is 1.39 bits per heavy atom. The smallest absolute Gasteiger partial charge is 0.414 e. The van der Waals surface area contributed by atoms with Crippen molar-refractivity contribution in [3.05, 3.63) is 35.7 Å². The Hall–Kier alpha value is -3.01. The van der Waals surface area contributed by atoms with Crippen LogP contribution < -0.4 is 4.90 Å². The molecule has 10 heteroatoms. The summed E-state index contributed by atoms with van der Waals surface area (Å²) in [4.78, 5) is 26.8. The molecule has 2 heterocycles. The number of nitrogens with zero attached hydrogens (tertiary/aromatic N) is 5. The van der Waals surface area contributed by atoms with Crippen LogP contribution in [0.3, 0.4) is 0 Å². The fourth-order valence-corrected chi connectivity index (χ4v) is 3.62. The van der Waals surface area contributed by atoms with Gasteiger partial charge in [0.1, 0.15) is 18.5 Å². The summed E-state index contributed by atoms with van der Waals surface area (Å²) in [6, 6.07) is 4.68. The first kappa shape index (κ1) is 22.7. The molecule has 1 N–H and O–H groups in total. The molecule has 0 aliphatic carbocycles. The predicted octanol–water partition coefficient (Wildman–Crippen LogP) is 2.47. The number of carbonyl (C=O) groups excluding carboxylic acids is 2. The number of aliphatic hydroxyl groups is 1. The van der Waals surface area contributed by atoms with Gasteiger partial charge in [-0.25, -0.2) is 9.18 Å². The van der Waals surface area contributed by atoms with Crippen molar-refractivity contribution in [1.29, 1.82) is 0 Å². The minimum absolute atomic E-state index is 0.302. The predicted molar refractivity (Wildman–Crippen MR) is 113 cm³/mol. The van der Waals surface area contributed by atoms with Crippen molar-refractivity contribution in [2.75, 3.05) is 50.8 Å². The molecule has 168 valence electrons. The zero-order valence-electron chi connectivity index (χ0n) is 17.8. The van der Waals surface area contributed by atoms with Crippen molar-refractivity contribution < 1.29 is 23.8 Å². The third-order valence-electron chi connectivity index (χ3n) is 5.29. The Kier molecular flexibility index (Phi) is 7.56. The standard InChI is InChI=1S/C21H28FN5O4/c1-3-23-24-26(4-2)12-17-13-27(21(30)31-17)16-5-6-18(19(22)11-16)15-7-9-25(10-8-15)20(29)14-28/h5-7,11,17,28H,3-4,8-10,12-14H2,1-2H3. The van der Waals surface area contributed by atoms with Crippen LogP contribution in [0.25, 0.3) is 5.57 Å². The minimum Gasteiger partial charge on any atom is -0.442 e. The molecule has 1 unspecified atom stereocenters. The molecule has 0 spiro atoms. The van der Waals surface area contributed by atoms with Crippen molar-refractivity contribution in [2.24, 2.45) is 10.3 Å². The first-order valence-corrected chi connectivity index (χ1v) is 10.4. The number of cyclic esters (lactones) is 1. The number of rotatable bonds is 8. The highest BCUT2D eigenvalue weighted by Crippen LogP contribution is 2.29. The summed E-state index contributed by atoms with van der Waals surface area (Å²) in [5.74, 6) is -0.778. The maximum atomic E-state index is 14.9. The quantitative estimate of drug-likeness (QED) is 0.502. The number of likely N-dealkylation sites (N-methyl/N-ethyl adjacent to an activating group) is 1. The third-order valence-corrected chi connectivity index (χ3v) is 5.29. The summed E-state index contributed by atoms with van der Waals surface area (Å²) in [6.07, 6.45) is 1.38. The minimum atomic E-state index is -0.531. The van der Waals surface area contributed by atoms with Crippen LogP contribution in [0.15, 0.2) is 34.6 Å². The summed E-state index contributed by atoms with van der Waals surface area (Å²) in [5, 5.41) is 18.8. The van der Waals surface area contributed by atoms with E-state index in [0.717, 1.165) is 5.57 Å². The molecule has 2 aliphatic rings. The van der Waals surface area contributed by atoms with E-state index in [-0.39, 0.29) is 12.0 Å². The average molecular weight is 433 g/mol. The molecule has 1 atom stereocenters. The molecule has 1 fully saturated rings. The van der Waals surface area contributed by atoms with Crippen molar-refractivity contribution in [3.8, 4) is 0 Å². The summed E-state index contributed by atoms with van der Waals surface area (Å²) in [5.41, 5.74) is 1.68. The van der Waals surface area contributed by atoms with Gasteiger partial charge in [-0.3, -0.25) is 14.7 Å². The number of aliphatic hydroxyl groups excluding tert-OH is 1. The van der Waals surface area contributed by atoms with E-state index in [1.165, 1.54) is 15.9 Å². The second-order valence-electron chi connectivity index (χ2n) is 7.31. The van der Waals surface area contributed by atoms with Gasteiger partial charge in [-0.1, -0.05) is 11.3 Å². The van der Waals surface area contributed by atoms with Crippen molar-refractivity contribution in [3.63, 3.8) is 0 Å². The van der Waals surface area contributed by atoms with Crippen LogP contribution in [0.2, 0.25) is 0 Å². The molecule has 0 saturated carbocycles. The SMILES string of the molecule is CCN=NN(CC)CC1CN(c2ccc(C3=CCN(C(=O)CO)CC3)c(F)c2)C(=O)O1. The largest absolute Gasteiger partial charge is 0.442 e. The van der Waals surface area contributed by atoms with Crippen molar-refractivity contribution >= 4 is 23.3 Å². The summed E-state index contributed by atoms with van der Waals surface area (Å²) in [6.45, 7) is 5.99. The molecule has 0 aromatic heterocycles. The van der Waals surface area contributed by atoms with Crippen LogP contribution in [0.5, 0.6) is 0 Å². The highest BCUT2D eigenvalue weighted by atomic mass is 19.1. The number of benzene rings is 1. The highest BCUT2D eigenvalue weighted by molar-refractivity contribution is 5.90. The molecule has 1 aromatic rings. The first-order chi connectivity index (χ1) is 15.0. The third kappa shape index (κ3) is 5.38. The maximum absolute atomic E-state index is 14.9. The van der Waals surface area contributed by atoms with Gasteiger partial charge >= 0.3 is 6.09 Å². The van der Waals surface area contributed by atoms with Crippen molar-refractivity contribution in [2.45, 2.75) is 26.4 Å². The summed E-state index contributed by atoms with van der Waals surface area (Å²) >= 11 is 0. The number of carbonyl (C=O) groups is 2. The Labute approximate surface area is 180 Å². The van der Waals surface area contributed by atoms with E-state index >= 15 is 0 Å². The van der Waals surface area contributed by atoms with Gasteiger partial charge in [0.05, 0.1) is 25.3 Å². The van der Waals surface area contributed by atoms with Crippen molar-refractivity contribution in [1.82, 2.24) is 9.91 Å². The summed E-state index contributed by atoms with van der Waals surface area (Å²) < 4.78 is 20.3. The zero-order valence-corrected chi connectivity index (χ0v) is 17.8. The van der Waals surface area contributed by atoms with E-state index in [2.05, 4.69) is 10.3 Å². The monoisotopic (exact) mass is 433 g/mol. The van der Waals surface area contributed by atoms with Gasteiger partial charge in [0.15, 0.2) is 0 Å². The lowest BCUT2D eigenvalue weighted by Gasteiger charge is -2.26. The van der Waals surface area contributed by atoms with Gasteiger partial charge in [0.2, 0.25) is 5.91 Å². The maximum Gasteiger partial charge on any atom is 0.414 e. The van der Waals surface area contributed by atoms with E-state index in [1.54, 1.807) is 23.2 Å². The average Bonchev–Trinajstić information content (AvgIpc) is 3.16. The normalized spacial score (nSPS) is 19.0. The molecule has 3 rings (SSSR count). The van der Waals surface area contributed by atoms with E-state index < -0.39 is 18.5 Å². The Morgan fingerprint density at radius 3 is 2.81 bits per heavy atom. The molecule has 31 heavy (non-hydrogen) atoms. The van der Waals surface area contributed by atoms with E-state index in [0.29, 0.717) is 56.9 Å². The number of ether oxygens (including phenoxy) is 1. The topological polar surface area (TPSA) is 98.0 Å². The summed E-state index contributed by atoms with van der Waals surface area (Å²) in [7, 11) is 0. The van der Waals surface area contributed by atoms with Crippen LogP contribution in [-0.2, 0) is 9.53 Å².